The second kappa shape index (κ2) is 8.81. The summed E-state index contributed by atoms with van der Waals surface area (Å²) in [6, 6.07) is 9.28. The van der Waals surface area contributed by atoms with Crippen LogP contribution in [-0.2, 0) is 15.8 Å². The standard InChI is InChI=1S/C26H18F5N5O4S/c27-12-4-1-10(2-5-12)17-18-13(25(22(32)38)19(28)20(25)40-18)8-16(36-17)24(39,26(29,30)31)9-34-21(37)11-3-6-14-15(7-11)41-23(33)35-14/h1-8,19-20,39H,9H2,(H2,32,38)(H2,33,35)(H,34,37)/t19?,20?,24-,25-/m0/s1. The number of halogens is 5. The minimum absolute atomic E-state index is 0.0261. The first-order chi connectivity index (χ1) is 19.3. The molecule has 2 unspecified atom stereocenters. The van der Waals surface area contributed by atoms with Gasteiger partial charge < -0.3 is 26.6 Å². The normalized spacial score (nSPS) is 22.4. The summed E-state index contributed by atoms with van der Waals surface area (Å²) < 4.78 is 78.0. The lowest BCUT2D eigenvalue weighted by Crippen LogP contribution is -2.51. The summed E-state index contributed by atoms with van der Waals surface area (Å²) in [5.41, 5.74) is 4.02. The number of hydrogen-bond donors (Lipinski definition) is 4. The molecule has 1 aliphatic heterocycles. The molecule has 6 rings (SSSR count). The van der Waals surface area contributed by atoms with Crippen molar-refractivity contribution >= 4 is 38.5 Å². The largest absolute Gasteiger partial charge is 0.483 e. The summed E-state index contributed by atoms with van der Waals surface area (Å²) in [5, 5.41) is 13.4. The van der Waals surface area contributed by atoms with Crippen LogP contribution in [0, 0.1) is 5.82 Å². The van der Waals surface area contributed by atoms with Crippen LogP contribution in [-0.4, -0.2) is 51.9 Å². The number of nitrogens with two attached hydrogens (primary N) is 2. The highest BCUT2D eigenvalue weighted by atomic mass is 32.1. The third-order valence-corrected chi connectivity index (χ3v) is 8.14. The van der Waals surface area contributed by atoms with E-state index in [9.17, 15) is 36.6 Å². The third-order valence-electron chi connectivity index (χ3n) is 7.29. The van der Waals surface area contributed by atoms with Crippen LogP contribution in [0.4, 0.5) is 27.1 Å². The van der Waals surface area contributed by atoms with Crippen LogP contribution in [0.5, 0.6) is 5.75 Å². The maximum absolute atomic E-state index is 14.8. The zero-order valence-electron chi connectivity index (χ0n) is 20.5. The molecule has 0 saturated heterocycles. The van der Waals surface area contributed by atoms with E-state index >= 15 is 0 Å². The second-order valence-electron chi connectivity index (χ2n) is 9.69. The Morgan fingerprint density at radius 3 is 2.49 bits per heavy atom. The van der Waals surface area contributed by atoms with Gasteiger partial charge in [0.2, 0.25) is 11.5 Å². The number of carbonyl (C=O) groups is 2. The average Bonchev–Trinajstić information content (AvgIpc) is 3.19. The zero-order chi connectivity index (χ0) is 29.5. The number of fused-ring (bicyclic) bond motifs is 4. The Balaban J connectivity index is 1.43. The average molecular weight is 592 g/mol. The number of alkyl halides is 4. The Hall–Kier alpha value is -4.37. The Morgan fingerprint density at radius 2 is 1.83 bits per heavy atom. The first-order valence-corrected chi connectivity index (χ1v) is 12.7. The van der Waals surface area contributed by atoms with E-state index in [-0.39, 0.29) is 33.3 Å². The van der Waals surface area contributed by atoms with Gasteiger partial charge in [-0.05, 0) is 48.5 Å². The lowest BCUT2D eigenvalue weighted by atomic mass is 9.88. The molecule has 0 radical (unpaired) electrons. The summed E-state index contributed by atoms with van der Waals surface area (Å²) >= 11 is 1.07. The summed E-state index contributed by atoms with van der Waals surface area (Å²) in [4.78, 5) is 33.2. The molecule has 6 N–H and O–H groups in total. The summed E-state index contributed by atoms with van der Waals surface area (Å²) in [5.74, 6) is -3.01. The fourth-order valence-corrected chi connectivity index (χ4v) is 5.78. The SMILES string of the molecule is NC(=O)[C@]12c3cc([C@@](O)(CNC(=O)c4ccc5nc(N)sc5c4)C(F)(F)F)nc(-c4ccc(F)cc4)c3OC1C2F. The molecular weight excluding hydrogens is 573 g/mol. The Bertz CT molecular complexity index is 1750. The summed E-state index contributed by atoms with van der Waals surface area (Å²) in [6.07, 6.45) is -8.77. The monoisotopic (exact) mass is 591 g/mol. The van der Waals surface area contributed by atoms with Gasteiger partial charge in [0, 0.05) is 16.7 Å². The molecule has 2 aromatic heterocycles. The molecule has 1 fully saturated rings. The molecule has 3 heterocycles. The molecule has 41 heavy (non-hydrogen) atoms. The number of nitrogens with zero attached hydrogens (tertiary/aromatic N) is 2. The van der Waals surface area contributed by atoms with E-state index in [1.54, 1.807) is 0 Å². The first-order valence-electron chi connectivity index (χ1n) is 11.9. The van der Waals surface area contributed by atoms with Crippen molar-refractivity contribution in [3.63, 3.8) is 0 Å². The number of nitrogens with one attached hydrogen (secondary N) is 1. The van der Waals surface area contributed by atoms with Crippen LogP contribution >= 0.6 is 11.3 Å². The number of ether oxygens (including phenoxy) is 1. The molecule has 1 saturated carbocycles. The number of rotatable bonds is 6. The van der Waals surface area contributed by atoms with Gasteiger partial charge in [0.25, 0.3) is 5.91 Å². The predicted octanol–water partition coefficient (Wildman–Crippen LogP) is 3.10. The minimum Gasteiger partial charge on any atom is -0.483 e. The number of anilines is 1. The molecule has 2 aliphatic rings. The minimum atomic E-state index is -5.42. The van der Waals surface area contributed by atoms with Gasteiger partial charge in [-0.15, -0.1) is 0 Å². The van der Waals surface area contributed by atoms with Crippen LogP contribution in [0.1, 0.15) is 21.6 Å². The molecule has 212 valence electrons. The Kier molecular flexibility index (Phi) is 5.77. The lowest BCUT2D eigenvalue weighted by molar-refractivity contribution is -0.265. The zero-order valence-corrected chi connectivity index (χ0v) is 21.3. The van der Waals surface area contributed by atoms with Crippen LogP contribution in [0.15, 0.2) is 48.5 Å². The van der Waals surface area contributed by atoms with E-state index < -0.39 is 59.3 Å². The first kappa shape index (κ1) is 26.8. The lowest BCUT2D eigenvalue weighted by Gasteiger charge is -2.31. The fraction of sp³-hybridized carbons (Fsp3) is 0.231. The van der Waals surface area contributed by atoms with Crippen LogP contribution in [0.3, 0.4) is 0 Å². The molecule has 1 aliphatic carbocycles. The van der Waals surface area contributed by atoms with Crippen molar-refractivity contribution in [2.24, 2.45) is 5.73 Å². The van der Waals surface area contributed by atoms with Gasteiger partial charge in [-0.1, -0.05) is 11.3 Å². The summed E-state index contributed by atoms with van der Waals surface area (Å²) in [6.45, 7) is -1.40. The van der Waals surface area contributed by atoms with Gasteiger partial charge in [0.05, 0.1) is 22.5 Å². The molecule has 4 atom stereocenters. The second-order valence-corrected chi connectivity index (χ2v) is 10.8. The number of nitrogen functional groups attached to an aromatic ring is 1. The van der Waals surface area contributed by atoms with Crippen molar-refractivity contribution < 1.29 is 41.4 Å². The van der Waals surface area contributed by atoms with Gasteiger partial charge in [0.1, 0.15) is 11.5 Å². The molecule has 15 heteroatoms. The van der Waals surface area contributed by atoms with Gasteiger partial charge in [0.15, 0.2) is 28.6 Å². The number of pyridine rings is 1. The highest BCUT2D eigenvalue weighted by Crippen LogP contribution is 2.62. The van der Waals surface area contributed by atoms with Crippen LogP contribution in [0.2, 0.25) is 0 Å². The van der Waals surface area contributed by atoms with E-state index in [2.05, 4.69) is 15.3 Å². The number of carbonyl (C=O) groups excluding carboxylic acids is 2. The maximum atomic E-state index is 14.8. The van der Waals surface area contributed by atoms with Gasteiger partial charge >= 0.3 is 6.18 Å². The van der Waals surface area contributed by atoms with E-state index in [0.29, 0.717) is 16.3 Å². The maximum Gasteiger partial charge on any atom is 0.424 e. The van der Waals surface area contributed by atoms with E-state index in [4.69, 9.17) is 16.2 Å². The number of thiazole rings is 1. The van der Waals surface area contributed by atoms with Crippen LogP contribution < -0.4 is 21.5 Å². The Labute approximate surface area is 231 Å². The molecule has 2 amide bonds. The molecule has 0 bridgehead atoms. The molecule has 9 nitrogen and oxygen atoms in total. The molecular formula is C26H18F5N5O4S. The van der Waals surface area contributed by atoms with E-state index in [1.165, 1.54) is 30.3 Å². The fourth-order valence-electron chi connectivity index (χ4n) is 5.01. The summed E-state index contributed by atoms with van der Waals surface area (Å²) in [7, 11) is 0. The Morgan fingerprint density at radius 1 is 1.12 bits per heavy atom. The number of benzene rings is 2. The number of aromatic nitrogens is 2. The predicted molar refractivity (Wildman–Crippen MR) is 136 cm³/mol. The van der Waals surface area contributed by atoms with Gasteiger partial charge in [-0.25, -0.2) is 18.7 Å². The van der Waals surface area contributed by atoms with Gasteiger partial charge in [-0.2, -0.15) is 13.2 Å². The topological polar surface area (TPSA) is 153 Å². The number of aliphatic hydroxyl groups is 1. The highest BCUT2D eigenvalue weighted by molar-refractivity contribution is 7.22. The highest BCUT2D eigenvalue weighted by Gasteiger charge is 2.78. The molecule has 0 spiro atoms. The van der Waals surface area contributed by atoms with E-state index in [0.717, 1.165) is 23.5 Å². The number of primary amides is 1. The third kappa shape index (κ3) is 3.90. The van der Waals surface area contributed by atoms with Crippen molar-refractivity contribution in [2.75, 3.05) is 12.3 Å². The van der Waals surface area contributed by atoms with E-state index in [1.807, 2.05) is 0 Å². The van der Waals surface area contributed by atoms with Crippen molar-refractivity contribution in [2.45, 2.75) is 29.5 Å². The van der Waals surface area contributed by atoms with Crippen molar-refractivity contribution in [1.82, 2.24) is 15.3 Å². The van der Waals surface area contributed by atoms with Crippen LogP contribution in [0.25, 0.3) is 21.5 Å². The van der Waals surface area contributed by atoms with Gasteiger partial charge in [-0.3, -0.25) is 9.59 Å². The smallest absolute Gasteiger partial charge is 0.424 e. The quantitative estimate of drug-likeness (QED) is 0.251. The molecule has 4 aromatic rings. The van der Waals surface area contributed by atoms with Crippen molar-refractivity contribution in [3.05, 3.63) is 71.2 Å². The number of hydrogen-bond acceptors (Lipinski definition) is 8. The number of amides is 2. The molecule has 2 aromatic carbocycles. The van der Waals surface area contributed by atoms with Crippen molar-refractivity contribution in [3.8, 4) is 17.0 Å². The van der Waals surface area contributed by atoms with Crippen molar-refractivity contribution in [1.29, 1.82) is 0 Å².